The number of hydrogen-bond donors (Lipinski definition) is 1. The molecule has 0 saturated carbocycles. The van der Waals surface area contributed by atoms with Crippen LogP contribution >= 0.6 is 22.7 Å². The number of guanidine groups is 1. The fourth-order valence-electron chi connectivity index (χ4n) is 2.19. The molecule has 0 aliphatic rings. The third kappa shape index (κ3) is 5.29. The minimum Gasteiger partial charge on any atom is -0.375 e. The molecule has 5 nitrogen and oxygen atoms in total. The van der Waals surface area contributed by atoms with E-state index in [0.717, 1.165) is 29.8 Å². The van der Waals surface area contributed by atoms with Crippen molar-refractivity contribution >= 4 is 28.6 Å². The summed E-state index contributed by atoms with van der Waals surface area (Å²) in [5, 5.41) is 6.45. The topological polar surface area (TPSA) is 49.8 Å². The molecule has 0 fully saturated rings. The first-order chi connectivity index (χ1) is 11.5. The minimum atomic E-state index is 0.0398. The van der Waals surface area contributed by atoms with Gasteiger partial charge in [-0.15, -0.1) is 22.7 Å². The van der Waals surface area contributed by atoms with Gasteiger partial charge in [-0.1, -0.05) is 0 Å². The van der Waals surface area contributed by atoms with E-state index in [0.29, 0.717) is 6.54 Å². The first kappa shape index (κ1) is 18.9. The van der Waals surface area contributed by atoms with Crippen molar-refractivity contribution in [3.8, 4) is 0 Å². The van der Waals surface area contributed by atoms with Crippen LogP contribution in [-0.4, -0.2) is 36.5 Å². The molecule has 2 heterocycles. The molecule has 2 aromatic rings. The number of thiophene rings is 1. The second-order valence-corrected chi connectivity index (χ2v) is 7.86. The van der Waals surface area contributed by atoms with Crippen molar-refractivity contribution in [1.29, 1.82) is 0 Å². The molecule has 0 amide bonds. The van der Waals surface area contributed by atoms with Crippen molar-refractivity contribution in [2.24, 2.45) is 4.99 Å². The Bertz CT molecular complexity index is 665. The van der Waals surface area contributed by atoms with Gasteiger partial charge in [0.05, 0.1) is 18.8 Å². The molecule has 132 valence electrons. The molecule has 0 bridgehead atoms. The van der Waals surface area contributed by atoms with Gasteiger partial charge in [-0.25, -0.2) is 9.98 Å². The Kier molecular flexibility index (Phi) is 7.20. The van der Waals surface area contributed by atoms with Crippen molar-refractivity contribution in [2.45, 2.75) is 40.0 Å². The third-order valence-corrected chi connectivity index (χ3v) is 5.59. The summed E-state index contributed by atoms with van der Waals surface area (Å²) in [5.74, 6) is 0.901. The van der Waals surface area contributed by atoms with Crippen LogP contribution in [0.2, 0.25) is 0 Å². The zero-order valence-corrected chi connectivity index (χ0v) is 16.6. The Labute approximate surface area is 152 Å². The summed E-state index contributed by atoms with van der Waals surface area (Å²) in [6.45, 7) is 8.49. The molecule has 0 aliphatic carbocycles. The number of methoxy groups -OCH3 is 1. The van der Waals surface area contributed by atoms with Gasteiger partial charge in [-0.05, 0) is 32.9 Å². The van der Waals surface area contributed by atoms with E-state index < -0.39 is 0 Å². The lowest BCUT2D eigenvalue weighted by Gasteiger charge is -2.21. The Morgan fingerprint density at radius 2 is 2.25 bits per heavy atom. The van der Waals surface area contributed by atoms with Crippen molar-refractivity contribution in [1.82, 2.24) is 15.2 Å². The van der Waals surface area contributed by atoms with E-state index in [2.05, 4.69) is 46.6 Å². The number of rotatable bonds is 7. The van der Waals surface area contributed by atoms with E-state index in [1.807, 2.05) is 14.0 Å². The maximum absolute atomic E-state index is 5.33. The lowest BCUT2D eigenvalue weighted by atomic mass is 10.4. The second kappa shape index (κ2) is 9.15. The summed E-state index contributed by atoms with van der Waals surface area (Å²) < 4.78 is 5.33. The molecule has 2 rings (SSSR count). The summed E-state index contributed by atoms with van der Waals surface area (Å²) >= 11 is 3.44. The SMILES string of the molecule is CCNC(=NCc1ccc(C)s1)N(C)Cc1csc(C(C)OC)n1. The predicted molar refractivity (Wildman–Crippen MR) is 103 cm³/mol. The van der Waals surface area contributed by atoms with Gasteiger partial charge in [0.2, 0.25) is 0 Å². The number of hydrogen-bond acceptors (Lipinski definition) is 5. The van der Waals surface area contributed by atoms with Gasteiger partial charge in [0, 0.05) is 35.8 Å². The average molecular weight is 367 g/mol. The molecule has 0 aliphatic heterocycles. The molecule has 1 unspecified atom stereocenters. The van der Waals surface area contributed by atoms with E-state index in [1.165, 1.54) is 9.75 Å². The molecule has 7 heteroatoms. The van der Waals surface area contributed by atoms with Crippen LogP contribution in [0.3, 0.4) is 0 Å². The highest BCUT2D eigenvalue weighted by molar-refractivity contribution is 7.11. The fraction of sp³-hybridized carbons (Fsp3) is 0.529. The second-order valence-electron chi connectivity index (χ2n) is 5.59. The quantitative estimate of drug-likeness (QED) is 0.598. The van der Waals surface area contributed by atoms with Crippen LogP contribution in [0, 0.1) is 6.92 Å². The monoisotopic (exact) mass is 366 g/mol. The van der Waals surface area contributed by atoms with E-state index in [1.54, 1.807) is 29.8 Å². The number of aromatic nitrogens is 1. The number of nitrogens with one attached hydrogen (secondary N) is 1. The molecule has 0 saturated heterocycles. The van der Waals surface area contributed by atoms with Gasteiger partial charge >= 0.3 is 0 Å². The Balaban J connectivity index is 2.02. The van der Waals surface area contributed by atoms with Gasteiger partial charge in [-0.2, -0.15) is 0 Å². The largest absolute Gasteiger partial charge is 0.375 e. The third-order valence-electron chi connectivity index (χ3n) is 3.55. The fourth-order valence-corrected chi connectivity index (χ4v) is 3.85. The van der Waals surface area contributed by atoms with Gasteiger partial charge in [-0.3, -0.25) is 0 Å². The number of thiazole rings is 1. The highest BCUT2D eigenvalue weighted by atomic mass is 32.1. The minimum absolute atomic E-state index is 0.0398. The van der Waals surface area contributed by atoms with Gasteiger partial charge in [0.15, 0.2) is 5.96 Å². The Morgan fingerprint density at radius 1 is 1.46 bits per heavy atom. The summed E-state index contributed by atoms with van der Waals surface area (Å²) in [7, 11) is 3.75. The highest BCUT2D eigenvalue weighted by Gasteiger charge is 2.12. The normalized spacial score (nSPS) is 13.1. The highest BCUT2D eigenvalue weighted by Crippen LogP contribution is 2.21. The van der Waals surface area contributed by atoms with E-state index in [-0.39, 0.29) is 6.10 Å². The lowest BCUT2D eigenvalue weighted by Crippen LogP contribution is -2.38. The predicted octanol–water partition coefficient (Wildman–Crippen LogP) is 3.82. The molecule has 1 atom stereocenters. The Hall–Kier alpha value is -1.44. The van der Waals surface area contributed by atoms with Crippen molar-refractivity contribution < 1.29 is 4.74 Å². The number of nitrogens with zero attached hydrogens (tertiary/aromatic N) is 3. The number of aryl methyl sites for hydroxylation is 1. The van der Waals surface area contributed by atoms with Crippen LogP contribution in [0.25, 0.3) is 0 Å². The van der Waals surface area contributed by atoms with Crippen molar-refractivity contribution in [3.05, 3.63) is 38.0 Å². The van der Waals surface area contributed by atoms with Crippen molar-refractivity contribution in [2.75, 3.05) is 20.7 Å². The van der Waals surface area contributed by atoms with Gasteiger partial charge in [0.1, 0.15) is 11.1 Å². The van der Waals surface area contributed by atoms with E-state index in [9.17, 15) is 0 Å². The van der Waals surface area contributed by atoms with Crippen molar-refractivity contribution in [3.63, 3.8) is 0 Å². The zero-order chi connectivity index (χ0) is 17.5. The molecule has 0 radical (unpaired) electrons. The Morgan fingerprint density at radius 3 is 2.88 bits per heavy atom. The molecular formula is C17H26N4OS2. The van der Waals surface area contributed by atoms with Gasteiger partial charge in [0.25, 0.3) is 0 Å². The van der Waals surface area contributed by atoms with Crippen LogP contribution in [0.5, 0.6) is 0 Å². The molecule has 1 N–H and O–H groups in total. The van der Waals surface area contributed by atoms with Crippen LogP contribution in [0.15, 0.2) is 22.5 Å². The van der Waals surface area contributed by atoms with Gasteiger partial charge < -0.3 is 15.0 Å². The molecule has 2 aromatic heterocycles. The average Bonchev–Trinajstić information content (AvgIpc) is 3.19. The van der Waals surface area contributed by atoms with Crippen LogP contribution in [0.1, 0.15) is 40.4 Å². The summed E-state index contributed by atoms with van der Waals surface area (Å²) in [5.41, 5.74) is 1.04. The van der Waals surface area contributed by atoms with Crippen LogP contribution < -0.4 is 5.32 Å². The standard InChI is InChI=1S/C17H26N4OS2/c1-6-18-17(19-9-15-8-7-12(2)24-15)21(4)10-14-11-23-16(20-14)13(3)22-5/h7-8,11,13H,6,9-10H2,1-5H3,(H,18,19). The summed E-state index contributed by atoms with van der Waals surface area (Å²) in [6, 6.07) is 4.28. The first-order valence-corrected chi connectivity index (χ1v) is 9.75. The molecule has 24 heavy (non-hydrogen) atoms. The van der Waals surface area contributed by atoms with Crippen LogP contribution in [-0.2, 0) is 17.8 Å². The number of aliphatic imine (C=N–C) groups is 1. The molecule has 0 aromatic carbocycles. The lowest BCUT2D eigenvalue weighted by molar-refractivity contribution is 0.119. The van der Waals surface area contributed by atoms with Crippen LogP contribution in [0.4, 0.5) is 0 Å². The zero-order valence-electron chi connectivity index (χ0n) is 15.0. The molecular weight excluding hydrogens is 340 g/mol. The summed E-state index contributed by atoms with van der Waals surface area (Å²) in [6.07, 6.45) is 0.0398. The number of ether oxygens (including phenoxy) is 1. The maximum Gasteiger partial charge on any atom is 0.194 e. The summed E-state index contributed by atoms with van der Waals surface area (Å²) in [4.78, 5) is 14.1. The first-order valence-electron chi connectivity index (χ1n) is 8.05. The smallest absolute Gasteiger partial charge is 0.194 e. The molecule has 0 spiro atoms. The maximum atomic E-state index is 5.33. The van der Waals surface area contributed by atoms with E-state index in [4.69, 9.17) is 9.73 Å². The van der Waals surface area contributed by atoms with E-state index >= 15 is 0 Å².